The first-order chi connectivity index (χ1) is 5.25. The number of hydrogen-bond acceptors (Lipinski definition) is 4. The highest BCUT2D eigenvalue weighted by Crippen LogP contribution is 2.31. The number of ether oxygens (including phenoxy) is 3. The van der Waals surface area contributed by atoms with Crippen LogP contribution in [-0.4, -0.2) is 38.5 Å². The van der Waals surface area contributed by atoms with Crippen molar-refractivity contribution in [3.05, 3.63) is 0 Å². The standard InChI is InChI=1S/C7H14O3S/c1-8-5-7(9-2)6(11)3-4-10-7/h6,11H,3-5H2,1-2H3. The summed E-state index contributed by atoms with van der Waals surface area (Å²) in [6.07, 6.45) is 0.917. The van der Waals surface area contributed by atoms with Crippen molar-refractivity contribution in [2.45, 2.75) is 17.5 Å². The summed E-state index contributed by atoms with van der Waals surface area (Å²) in [5, 5.41) is 0.118. The lowest BCUT2D eigenvalue weighted by Crippen LogP contribution is -2.43. The highest BCUT2D eigenvalue weighted by molar-refractivity contribution is 7.81. The van der Waals surface area contributed by atoms with Gasteiger partial charge in [-0.05, 0) is 6.42 Å². The van der Waals surface area contributed by atoms with Crippen molar-refractivity contribution in [2.75, 3.05) is 27.4 Å². The Morgan fingerprint density at radius 1 is 1.64 bits per heavy atom. The van der Waals surface area contributed by atoms with E-state index in [0.29, 0.717) is 13.2 Å². The van der Waals surface area contributed by atoms with E-state index >= 15 is 0 Å². The summed E-state index contributed by atoms with van der Waals surface area (Å²) < 4.78 is 15.6. The van der Waals surface area contributed by atoms with Crippen molar-refractivity contribution < 1.29 is 14.2 Å². The largest absolute Gasteiger partial charge is 0.379 e. The number of rotatable bonds is 3. The third kappa shape index (κ3) is 1.69. The van der Waals surface area contributed by atoms with Crippen LogP contribution >= 0.6 is 12.6 Å². The minimum Gasteiger partial charge on any atom is -0.379 e. The molecule has 0 aromatic carbocycles. The Morgan fingerprint density at radius 3 is 2.73 bits per heavy atom. The quantitative estimate of drug-likeness (QED) is 0.644. The van der Waals surface area contributed by atoms with Gasteiger partial charge in [-0.3, -0.25) is 0 Å². The fourth-order valence-corrected chi connectivity index (χ4v) is 1.61. The molecule has 0 radical (unpaired) electrons. The lowest BCUT2D eigenvalue weighted by molar-refractivity contribution is -0.215. The van der Waals surface area contributed by atoms with E-state index in [9.17, 15) is 0 Å². The molecular formula is C7H14O3S. The molecule has 0 bridgehead atoms. The third-order valence-corrected chi connectivity index (χ3v) is 2.59. The van der Waals surface area contributed by atoms with Gasteiger partial charge in [0.05, 0.1) is 11.9 Å². The SMILES string of the molecule is COCC1(OC)OCCC1S. The van der Waals surface area contributed by atoms with E-state index in [-0.39, 0.29) is 5.25 Å². The van der Waals surface area contributed by atoms with E-state index in [0.717, 1.165) is 6.42 Å². The average molecular weight is 178 g/mol. The highest BCUT2D eigenvalue weighted by Gasteiger charge is 2.42. The molecule has 0 spiro atoms. The van der Waals surface area contributed by atoms with Crippen LogP contribution in [0.2, 0.25) is 0 Å². The molecule has 4 heteroatoms. The molecule has 11 heavy (non-hydrogen) atoms. The van der Waals surface area contributed by atoms with Crippen molar-refractivity contribution in [2.24, 2.45) is 0 Å². The lowest BCUT2D eigenvalue weighted by Gasteiger charge is -2.29. The van der Waals surface area contributed by atoms with Gasteiger partial charge in [-0.1, -0.05) is 0 Å². The van der Waals surface area contributed by atoms with Gasteiger partial charge >= 0.3 is 0 Å². The summed E-state index contributed by atoms with van der Waals surface area (Å²) in [5.74, 6) is -0.613. The Balaban J connectivity index is 2.57. The molecule has 0 aromatic heterocycles. The van der Waals surface area contributed by atoms with E-state index in [1.54, 1.807) is 14.2 Å². The number of thiol groups is 1. The zero-order valence-electron chi connectivity index (χ0n) is 6.87. The van der Waals surface area contributed by atoms with Crippen LogP contribution in [0.3, 0.4) is 0 Å². The van der Waals surface area contributed by atoms with Crippen LogP contribution in [0.4, 0.5) is 0 Å². The molecule has 1 aliphatic heterocycles. The molecule has 0 saturated carbocycles. The van der Waals surface area contributed by atoms with E-state index in [1.807, 2.05) is 0 Å². The Hall–Kier alpha value is 0.230. The van der Waals surface area contributed by atoms with Crippen molar-refractivity contribution in [3.8, 4) is 0 Å². The molecule has 1 fully saturated rings. The van der Waals surface area contributed by atoms with Crippen LogP contribution in [-0.2, 0) is 14.2 Å². The molecule has 2 atom stereocenters. The molecule has 66 valence electrons. The molecule has 0 aliphatic carbocycles. The molecule has 0 N–H and O–H groups in total. The summed E-state index contributed by atoms with van der Waals surface area (Å²) in [6, 6.07) is 0. The molecule has 3 nitrogen and oxygen atoms in total. The lowest BCUT2D eigenvalue weighted by atomic mass is 10.2. The van der Waals surface area contributed by atoms with Crippen LogP contribution in [0.25, 0.3) is 0 Å². The van der Waals surface area contributed by atoms with Gasteiger partial charge in [0.2, 0.25) is 5.79 Å². The average Bonchev–Trinajstić information content (AvgIpc) is 2.35. The Labute approximate surface area is 72.4 Å². The number of hydrogen-bond donors (Lipinski definition) is 1. The first kappa shape index (κ1) is 9.32. The second kappa shape index (κ2) is 3.76. The molecule has 1 saturated heterocycles. The van der Waals surface area contributed by atoms with Gasteiger partial charge in [0.25, 0.3) is 0 Å². The van der Waals surface area contributed by atoms with Gasteiger partial charge in [0.1, 0.15) is 6.61 Å². The molecule has 0 amide bonds. The first-order valence-corrected chi connectivity index (χ1v) is 4.13. The minimum atomic E-state index is -0.613. The monoisotopic (exact) mass is 178 g/mol. The second-order valence-corrected chi connectivity index (χ2v) is 3.23. The first-order valence-electron chi connectivity index (χ1n) is 3.61. The fraction of sp³-hybridized carbons (Fsp3) is 1.00. The molecule has 1 heterocycles. The van der Waals surface area contributed by atoms with Crippen molar-refractivity contribution in [3.63, 3.8) is 0 Å². The van der Waals surface area contributed by atoms with Crippen LogP contribution in [0, 0.1) is 0 Å². The van der Waals surface area contributed by atoms with E-state index in [2.05, 4.69) is 12.6 Å². The summed E-state index contributed by atoms with van der Waals surface area (Å²) in [4.78, 5) is 0. The third-order valence-electron chi connectivity index (χ3n) is 1.94. The van der Waals surface area contributed by atoms with E-state index < -0.39 is 5.79 Å². The van der Waals surface area contributed by atoms with E-state index in [1.165, 1.54) is 0 Å². The Morgan fingerprint density at radius 2 is 2.36 bits per heavy atom. The zero-order chi connectivity index (χ0) is 8.32. The predicted molar refractivity (Wildman–Crippen MR) is 45.0 cm³/mol. The van der Waals surface area contributed by atoms with Gasteiger partial charge in [0, 0.05) is 14.2 Å². The maximum atomic E-state index is 5.42. The van der Waals surface area contributed by atoms with Crippen LogP contribution in [0.5, 0.6) is 0 Å². The highest BCUT2D eigenvalue weighted by atomic mass is 32.1. The topological polar surface area (TPSA) is 27.7 Å². The van der Waals surface area contributed by atoms with Gasteiger partial charge in [0.15, 0.2) is 0 Å². The predicted octanol–water partition coefficient (Wildman–Crippen LogP) is 0.694. The summed E-state index contributed by atoms with van der Waals surface area (Å²) >= 11 is 4.36. The number of methoxy groups -OCH3 is 2. The van der Waals surface area contributed by atoms with Crippen LogP contribution < -0.4 is 0 Å². The summed E-state index contributed by atoms with van der Waals surface area (Å²) in [7, 11) is 3.25. The summed E-state index contributed by atoms with van der Waals surface area (Å²) in [6.45, 7) is 1.14. The van der Waals surface area contributed by atoms with Crippen molar-refractivity contribution in [1.82, 2.24) is 0 Å². The minimum absolute atomic E-state index is 0.118. The van der Waals surface area contributed by atoms with Gasteiger partial charge in [-0.25, -0.2) is 0 Å². The molecule has 1 aliphatic rings. The molecule has 1 rings (SSSR count). The smallest absolute Gasteiger partial charge is 0.203 e. The maximum absolute atomic E-state index is 5.42. The molecule has 2 unspecified atom stereocenters. The van der Waals surface area contributed by atoms with Crippen LogP contribution in [0.15, 0.2) is 0 Å². The summed E-state index contributed by atoms with van der Waals surface area (Å²) in [5.41, 5.74) is 0. The Kier molecular flexibility index (Phi) is 3.18. The van der Waals surface area contributed by atoms with Crippen molar-refractivity contribution >= 4 is 12.6 Å². The Bertz CT molecular complexity index is 131. The second-order valence-electron chi connectivity index (χ2n) is 2.60. The fourth-order valence-electron chi connectivity index (χ4n) is 1.25. The molecule has 0 aromatic rings. The van der Waals surface area contributed by atoms with Gasteiger partial charge < -0.3 is 14.2 Å². The van der Waals surface area contributed by atoms with Crippen molar-refractivity contribution in [1.29, 1.82) is 0 Å². The normalized spacial score (nSPS) is 37.9. The van der Waals surface area contributed by atoms with E-state index in [4.69, 9.17) is 14.2 Å². The maximum Gasteiger partial charge on any atom is 0.203 e. The van der Waals surface area contributed by atoms with Gasteiger partial charge in [-0.2, -0.15) is 12.6 Å². The zero-order valence-corrected chi connectivity index (χ0v) is 7.77. The van der Waals surface area contributed by atoms with Crippen LogP contribution in [0.1, 0.15) is 6.42 Å². The molecular weight excluding hydrogens is 164 g/mol. The van der Waals surface area contributed by atoms with Gasteiger partial charge in [-0.15, -0.1) is 0 Å².